The zero-order chi connectivity index (χ0) is 18.5. The number of nitrogens with one attached hydrogen (secondary N) is 2. The normalized spacial score (nSPS) is 11.1. The summed E-state index contributed by atoms with van der Waals surface area (Å²) in [5, 5.41) is 7.38. The first kappa shape index (κ1) is 18.3. The Balaban J connectivity index is 1.59. The summed E-state index contributed by atoms with van der Waals surface area (Å²) in [5.74, 6) is 1.41. The molecule has 0 spiro atoms. The Bertz CT molecular complexity index is 886. The second kappa shape index (κ2) is 8.27. The fourth-order valence-corrected chi connectivity index (χ4v) is 3.50. The minimum absolute atomic E-state index is 0.0172. The Kier molecular flexibility index (Phi) is 5.83. The molecule has 3 rings (SSSR count). The molecule has 0 radical (unpaired) electrons. The maximum absolute atomic E-state index is 12.1. The van der Waals surface area contributed by atoms with Crippen molar-refractivity contribution >= 4 is 33.3 Å². The predicted molar refractivity (Wildman–Crippen MR) is 108 cm³/mol. The zero-order valence-corrected chi connectivity index (χ0v) is 16.2. The number of thiophene rings is 1. The van der Waals surface area contributed by atoms with Crippen LogP contribution in [0.2, 0.25) is 0 Å². The highest BCUT2D eigenvalue weighted by atomic mass is 32.1. The molecular formula is C20H24N4OS. The molecule has 26 heavy (non-hydrogen) atoms. The molecule has 0 saturated heterocycles. The SMILES string of the molecule is Cc1cc2c(NCc3ccc(C(=O)NCCC(C)C)cc3)ncnc2s1. The predicted octanol–water partition coefficient (Wildman–Crippen LogP) is 4.39. The molecule has 0 fully saturated rings. The van der Waals surface area contributed by atoms with E-state index in [0.29, 0.717) is 24.6 Å². The molecule has 2 heterocycles. The highest BCUT2D eigenvalue weighted by Gasteiger charge is 2.08. The van der Waals surface area contributed by atoms with Crippen molar-refractivity contribution in [1.29, 1.82) is 0 Å². The van der Waals surface area contributed by atoms with Crippen LogP contribution in [-0.2, 0) is 6.54 Å². The van der Waals surface area contributed by atoms with Gasteiger partial charge in [0, 0.05) is 23.5 Å². The number of anilines is 1. The Hall–Kier alpha value is -2.47. The van der Waals surface area contributed by atoms with Gasteiger partial charge in [-0.3, -0.25) is 4.79 Å². The summed E-state index contributed by atoms with van der Waals surface area (Å²) in [6.07, 6.45) is 2.58. The van der Waals surface area contributed by atoms with Crippen molar-refractivity contribution in [3.63, 3.8) is 0 Å². The van der Waals surface area contributed by atoms with E-state index >= 15 is 0 Å². The van der Waals surface area contributed by atoms with Gasteiger partial charge in [0.05, 0.1) is 5.39 Å². The highest BCUT2D eigenvalue weighted by molar-refractivity contribution is 7.18. The first-order chi connectivity index (χ1) is 12.5. The lowest BCUT2D eigenvalue weighted by Crippen LogP contribution is -2.25. The molecule has 0 unspecified atom stereocenters. The fraction of sp³-hybridized carbons (Fsp3) is 0.350. The second-order valence-electron chi connectivity index (χ2n) is 6.79. The van der Waals surface area contributed by atoms with Crippen LogP contribution in [-0.4, -0.2) is 22.4 Å². The van der Waals surface area contributed by atoms with E-state index in [1.54, 1.807) is 17.7 Å². The molecule has 0 atom stereocenters. The number of nitrogens with zero attached hydrogens (tertiary/aromatic N) is 2. The Morgan fingerprint density at radius 2 is 1.96 bits per heavy atom. The molecule has 1 amide bonds. The Labute approximate surface area is 157 Å². The maximum Gasteiger partial charge on any atom is 0.251 e. The van der Waals surface area contributed by atoms with Gasteiger partial charge in [-0.15, -0.1) is 11.3 Å². The van der Waals surface area contributed by atoms with Gasteiger partial charge >= 0.3 is 0 Å². The minimum Gasteiger partial charge on any atom is -0.365 e. The lowest BCUT2D eigenvalue weighted by Gasteiger charge is -2.09. The number of hydrogen-bond acceptors (Lipinski definition) is 5. The third kappa shape index (κ3) is 4.58. The van der Waals surface area contributed by atoms with Gasteiger partial charge in [0.1, 0.15) is 17.0 Å². The molecule has 2 aromatic heterocycles. The number of aryl methyl sites for hydroxylation is 1. The lowest BCUT2D eigenvalue weighted by atomic mass is 10.1. The maximum atomic E-state index is 12.1. The number of fused-ring (bicyclic) bond motifs is 1. The Morgan fingerprint density at radius 3 is 2.69 bits per heavy atom. The standard InChI is InChI=1S/C20H24N4OS/c1-13(2)8-9-21-19(25)16-6-4-15(5-7-16)11-22-18-17-10-14(3)26-20(17)24-12-23-18/h4-7,10,12-13H,8-9,11H2,1-3H3,(H,21,25)(H,22,23,24). The molecule has 0 bridgehead atoms. The topological polar surface area (TPSA) is 66.9 Å². The number of benzene rings is 1. The number of aromatic nitrogens is 2. The van der Waals surface area contributed by atoms with Crippen molar-refractivity contribution in [2.24, 2.45) is 5.92 Å². The number of amides is 1. The van der Waals surface area contributed by atoms with Crippen molar-refractivity contribution in [3.05, 3.63) is 52.7 Å². The summed E-state index contributed by atoms with van der Waals surface area (Å²) >= 11 is 1.67. The molecular weight excluding hydrogens is 344 g/mol. The summed E-state index contributed by atoms with van der Waals surface area (Å²) in [6.45, 7) is 7.73. The summed E-state index contributed by atoms with van der Waals surface area (Å²) in [7, 11) is 0. The van der Waals surface area contributed by atoms with E-state index in [4.69, 9.17) is 0 Å². The zero-order valence-electron chi connectivity index (χ0n) is 15.4. The van der Waals surface area contributed by atoms with E-state index in [9.17, 15) is 4.79 Å². The van der Waals surface area contributed by atoms with Crippen molar-refractivity contribution in [1.82, 2.24) is 15.3 Å². The average Bonchev–Trinajstić information content (AvgIpc) is 3.00. The largest absolute Gasteiger partial charge is 0.365 e. The van der Waals surface area contributed by atoms with Crippen molar-refractivity contribution < 1.29 is 4.79 Å². The molecule has 2 N–H and O–H groups in total. The van der Waals surface area contributed by atoms with E-state index in [0.717, 1.165) is 28.0 Å². The monoisotopic (exact) mass is 368 g/mol. The molecule has 0 aliphatic carbocycles. The minimum atomic E-state index is -0.0172. The van der Waals surface area contributed by atoms with E-state index in [1.807, 2.05) is 24.3 Å². The molecule has 3 aromatic rings. The number of hydrogen-bond donors (Lipinski definition) is 2. The number of carbonyl (C=O) groups is 1. The first-order valence-corrected chi connectivity index (χ1v) is 9.66. The van der Waals surface area contributed by atoms with Crippen LogP contribution in [0.1, 0.15) is 41.1 Å². The van der Waals surface area contributed by atoms with E-state index in [1.165, 1.54) is 4.88 Å². The van der Waals surface area contributed by atoms with E-state index in [-0.39, 0.29) is 5.91 Å². The summed E-state index contributed by atoms with van der Waals surface area (Å²) in [4.78, 5) is 23.0. The van der Waals surface area contributed by atoms with Crippen molar-refractivity contribution in [2.75, 3.05) is 11.9 Å². The van der Waals surface area contributed by atoms with Crippen LogP contribution in [0.15, 0.2) is 36.7 Å². The van der Waals surface area contributed by atoms with Crippen LogP contribution in [0, 0.1) is 12.8 Å². The summed E-state index contributed by atoms with van der Waals surface area (Å²) in [6, 6.07) is 9.79. The van der Waals surface area contributed by atoms with Crippen LogP contribution >= 0.6 is 11.3 Å². The van der Waals surface area contributed by atoms with Crippen LogP contribution < -0.4 is 10.6 Å². The Morgan fingerprint density at radius 1 is 1.19 bits per heavy atom. The van der Waals surface area contributed by atoms with Crippen molar-refractivity contribution in [2.45, 2.75) is 33.7 Å². The quantitative estimate of drug-likeness (QED) is 0.649. The second-order valence-corrected chi connectivity index (χ2v) is 8.02. The van der Waals surface area contributed by atoms with Gasteiger partial charge in [0.15, 0.2) is 0 Å². The van der Waals surface area contributed by atoms with Crippen LogP contribution in [0.3, 0.4) is 0 Å². The first-order valence-electron chi connectivity index (χ1n) is 8.85. The molecule has 0 aliphatic rings. The molecule has 6 heteroatoms. The van der Waals surface area contributed by atoms with E-state index < -0.39 is 0 Å². The van der Waals surface area contributed by atoms with Gasteiger partial charge in [0.2, 0.25) is 0 Å². The van der Waals surface area contributed by atoms with Gasteiger partial charge in [0.25, 0.3) is 5.91 Å². The van der Waals surface area contributed by atoms with Gasteiger partial charge < -0.3 is 10.6 Å². The summed E-state index contributed by atoms with van der Waals surface area (Å²) < 4.78 is 0. The molecule has 136 valence electrons. The van der Waals surface area contributed by atoms with E-state index in [2.05, 4.69) is 47.4 Å². The summed E-state index contributed by atoms with van der Waals surface area (Å²) in [5.41, 5.74) is 1.79. The smallest absolute Gasteiger partial charge is 0.251 e. The molecule has 5 nitrogen and oxygen atoms in total. The van der Waals surface area contributed by atoms with Gasteiger partial charge in [-0.05, 0) is 43.0 Å². The number of rotatable bonds is 7. The molecule has 0 aliphatic heterocycles. The molecule has 1 aromatic carbocycles. The van der Waals surface area contributed by atoms with Gasteiger partial charge in [-0.2, -0.15) is 0 Å². The third-order valence-corrected chi connectivity index (χ3v) is 5.09. The van der Waals surface area contributed by atoms with Gasteiger partial charge in [-0.1, -0.05) is 26.0 Å². The lowest BCUT2D eigenvalue weighted by molar-refractivity contribution is 0.0952. The van der Waals surface area contributed by atoms with Gasteiger partial charge in [-0.25, -0.2) is 9.97 Å². The van der Waals surface area contributed by atoms with Crippen LogP contribution in [0.25, 0.3) is 10.2 Å². The average molecular weight is 369 g/mol. The molecule has 0 saturated carbocycles. The number of carbonyl (C=O) groups excluding carboxylic acids is 1. The highest BCUT2D eigenvalue weighted by Crippen LogP contribution is 2.27. The fourth-order valence-electron chi connectivity index (χ4n) is 2.65. The van der Waals surface area contributed by atoms with Crippen molar-refractivity contribution in [3.8, 4) is 0 Å². The van der Waals surface area contributed by atoms with Crippen LogP contribution in [0.5, 0.6) is 0 Å². The third-order valence-electron chi connectivity index (χ3n) is 4.14. The van der Waals surface area contributed by atoms with Crippen LogP contribution in [0.4, 0.5) is 5.82 Å².